The minimum Gasteiger partial charge on any atom is -0.454 e. The van der Waals surface area contributed by atoms with Crippen LogP contribution in [0.4, 0.5) is 5.69 Å². The molecule has 0 spiro atoms. The number of rotatable bonds is 7. The fraction of sp³-hybridized carbons (Fsp3) is 0.308. The van der Waals surface area contributed by atoms with Gasteiger partial charge < -0.3 is 10.1 Å². The summed E-state index contributed by atoms with van der Waals surface area (Å²) in [5.74, 6) is -2.86. The largest absolute Gasteiger partial charge is 0.454 e. The van der Waals surface area contributed by atoms with Crippen LogP contribution in [0.2, 0.25) is 0 Å². The molecule has 1 fully saturated rings. The molecule has 0 aromatic heterocycles. The van der Waals surface area contributed by atoms with E-state index in [2.05, 4.69) is 5.32 Å². The minimum absolute atomic E-state index is 0.129. The van der Waals surface area contributed by atoms with E-state index in [0.717, 1.165) is 16.0 Å². The van der Waals surface area contributed by atoms with E-state index in [1.165, 1.54) is 0 Å². The smallest absolute Gasteiger partial charge is 0.330 e. The van der Waals surface area contributed by atoms with Gasteiger partial charge in [0.1, 0.15) is 6.04 Å². The normalized spacial score (nSPS) is 20.3. The molecule has 0 saturated carbocycles. The lowest BCUT2D eigenvalue weighted by Crippen LogP contribution is -2.48. The Kier molecular flexibility index (Phi) is 6.68. The number of nitrogens with zero attached hydrogens (tertiary/aromatic N) is 1. The third kappa shape index (κ3) is 5.03. The maximum atomic E-state index is 13.1. The molecule has 33 heavy (non-hydrogen) atoms. The van der Waals surface area contributed by atoms with Crippen LogP contribution in [0.5, 0.6) is 0 Å². The first kappa shape index (κ1) is 22.5. The van der Waals surface area contributed by atoms with Crippen LogP contribution in [0, 0.1) is 18.8 Å². The molecule has 1 N–H and O–H groups in total. The fourth-order valence-electron chi connectivity index (χ4n) is 4.32. The van der Waals surface area contributed by atoms with Gasteiger partial charge in [0, 0.05) is 12.1 Å². The van der Waals surface area contributed by atoms with E-state index in [9.17, 15) is 19.2 Å². The Bertz CT molecular complexity index is 1050. The molecule has 0 unspecified atom stereocenters. The summed E-state index contributed by atoms with van der Waals surface area (Å²) in [7, 11) is 0. The van der Waals surface area contributed by atoms with Crippen LogP contribution in [0.3, 0.4) is 0 Å². The van der Waals surface area contributed by atoms with Gasteiger partial charge in [-0.2, -0.15) is 0 Å². The van der Waals surface area contributed by atoms with Gasteiger partial charge in [0.05, 0.1) is 11.8 Å². The lowest BCUT2D eigenvalue weighted by molar-refractivity contribution is -0.159. The van der Waals surface area contributed by atoms with Crippen molar-refractivity contribution in [3.05, 3.63) is 77.9 Å². The predicted octanol–water partition coefficient (Wildman–Crippen LogP) is 3.04. The van der Waals surface area contributed by atoms with Gasteiger partial charge in [-0.3, -0.25) is 19.3 Å². The third-order valence-corrected chi connectivity index (χ3v) is 6.08. The molecule has 4 rings (SSSR count). The number of ether oxygens (including phenoxy) is 1. The van der Waals surface area contributed by atoms with Gasteiger partial charge >= 0.3 is 5.97 Å². The highest BCUT2D eigenvalue weighted by Gasteiger charge is 2.51. The van der Waals surface area contributed by atoms with E-state index in [1.807, 2.05) is 61.5 Å². The van der Waals surface area contributed by atoms with Crippen LogP contribution in [0.25, 0.3) is 0 Å². The quantitative estimate of drug-likeness (QED) is 0.401. The first-order chi connectivity index (χ1) is 15.9. The van der Waals surface area contributed by atoms with Crippen molar-refractivity contribution in [1.82, 2.24) is 4.90 Å². The Labute approximate surface area is 192 Å². The molecule has 0 radical (unpaired) electrons. The van der Waals surface area contributed by atoms with Crippen molar-refractivity contribution in [2.45, 2.75) is 32.2 Å². The van der Waals surface area contributed by atoms with E-state index in [1.54, 1.807) is 12.1 Å². The lowest BCUT2D eigenvalue weighted by Gasteiger charge is -2.25. The Morgan fingerprint density at radius 2 is 1.58 bits per heavy atom. The summed E-state index contributed by atoms with van der Waals surface area (Å²) in [6, 6.07) is 15.2. The van der Waals surface area contributed by atoms with Crippen LogP contribution in [0.1, 0.15) is 24.0 Å². The number of benzene rings is 2. The molecule has 2 aliphatic rings. The van der Waals surface area contributed by atoms with Gasteiger partial charge in [0.25, 0.3) is 5.91 Å². The maximum Gasteiger partial charge on any atom is 0.330 e. The van der Waals surface area contributed by atoms with Gasteiger partial charge in [0.2, 0.25) is 11.8 Å². The zero-order chi connectivity index (χ0) is 23.4. The molecule has 3 atom stereocenters. The molecule has 2 aromatic carbocycles. The summed E-state index contributed by atoms with van der Waals surface area (Å²) in [6.45, 7) is 1.43. The van der Waals surface area contributed by atoms with Crippen molar-refractivity contribution in [1.29, 1.82) is 0 Å². The highest BCUT2D eigenvalue weighted by molar-refractivity contribution is 6.08. The number of anilines is 1. The molecule has 1 aliphatic carbocycles. The Morgan fingerprint density at radius 1 is 0.970 bits per heavy atom. The highest BCUT2D eigenvalue weighted by Crippen LogP contribution is 2.36. The molecule has 170 valence electrons. The van der Waals surface area contributed by atoms with E-state index in [0.29, 0.717) is 18.5 Å². The zero-order valence-corrected chi connectivity index (χ0v) is 18.4. The monoisotopic (exact) mass is 446 g/mol. The van der Waals surface area contributed by atoms with E-state index in [-0.39, 0.29) is 18.2 Å². The number of hydrogen-bond acceptors (Lipinski definition) is 5. The van der Waals surface area contributed by atoms with Crippen LogP contribution in [0.15, 0.2) is 66.7 Å². The molecule has 1 heterocycles. The van der Waals surface area contributed by atoms with Crippen molar-refractivity contribution >= 4 is 29.4 Å². The maximum absolute atomic E-state index is 13.1. The van der Waals surface area contributed by atoms with Crippen molar-refractivity contribution < 1.29 is 23.9 Å². The number of likely N-dealkylation sites (tertiary alicyclic amines) is 1. The van der Waals surface area contributed by atoms with Gasteiger partial charge in [-0.1, -0.05) is 60.2 Å². The van der Waals surface area contributed by atoms with Crippen LogP contribution < -0.4 is 5.32 Å². The summed E-state index contributed by atoms with van der Waals surface area (Å²) in [6.07, 6.45) is 4.89. The number of aryl methyl sites for hydroxylation is 1. The summed E-state index contributed by atoms with van der Waals surface area (Å²) in [5.41, 5.74) is 2.43. The van der Waals surface area contributed by atoms with Gasteiger partial charge in [-0.15, -0.1) is 0 Å². The SMILES string of the molecule is Cc1ccc(NC(=O)COC(=O)[C@H](Cc2ccccc2)N2C(=O)[C@@H]3CC=CC[C@H]3C2=O)cc1. The van der Waals surface area contributed by atoms with Gasteiger partial charge in [0.15, 0.2) is 6.61 Å². The first-order valence-electron chi connectivity index (χ1n) is 11.0. The fourth-order valence-corrected chi connectivity index (χ4v) is 4.32. The van der Waals surface area contributed by atoms with E-state index in [4.69, 9.17) is 4.74 Å². The number of nitrogens with one attached hydrogen (secondary N) is 1. The van der Waals surface area contributed by atoms with Crippen LogP contribution in [-0.2, 0) is 30.3 Å². The molecular weight excluding hydrogens is 420 g/mol. The number of carbonyl (C=O) groups is 4. The minimum atomic E-state index is -1.12. The van der Waals surface area contributed by atoms with E-state index >= 15 is 0 Å². The number of carbonyl (C=O) groups excluding carboxylic acids is 4. The number of imide groups is 1. The topological polar surface area (TPSA) is 92.8 Å². The zero-order valence-electron chi connectivity index (χ0n) is 18.4. The van der Waals surface area contributed by atoms with Crippen molar-refractivity contribution in [3.63, 3.8) is 0 Å². The van der Waals surface area contributed by atoms with Crippen molar-refractivity contribution in [2.75, 3.05) is 11.9 Å². The third-order valence-electron chi connectivity index (χ3n) is 6.08. The summed E-state index contributed by atoms with van der Waals surface area (Å²) < 4.78 is 5.28. The Balaban J connectivity index is 1.48. The lowest BCUT2D eigenvalue weighted by atomic mass is 9.85. The first-order valence-corrected chi connectivity index (χ1v) is 11.0. The second-order valence-electron chi connectivity index (χ2n) is 8.43. The molecule has 1 saturated heterocycles. The Hall–Kier alpha value is -3.74. The molecular formula is C26H26N2O5. The average molecular weight is 447 g/mol. The number of fused-ring (bicyclic) bond motifs is 1. The molecule has 2 aromatic rings. The summed E-state index contributed by atoms with van der Waals surface area (Å²) >= 11 is 0. The number of allylic oxidation sites excluding steroid dienone is 2. The number of amides is 3. The molecule has 7 nitrogen and oxygen atoms in total. The van der Waals surface area contributed by atoms with Crippen molar-refractivity contribution in [3.8, 4) is 0 Å². The number of hydrogen-bond donors (Lipinski definition) is 1. The molecule has 0 bridgehead atoms. The second-order valence-corrected chi connectivity index (χ2v) is 8.43. The Morgan fingerprint density at radius 3 is 2.18 bits per heavy atom. The highest BCUT2D eigenvalue weighted by atomic mass is 16.5. The van der Waals surface area contributed by atoms with Crippen LogP contribution >= 0.6 is 0 Å². The van der Waals surface area contributed by atoms with Gasteiger partial charge in [-0.25, -0.2) is 4.79 Å². The molecule has 3 amide bonds. The average Bonchev–Trinajstić information content (AvgIpc) is 3.08. The predicted molar refractivity (Wildman–Crippen MR) is 122 cm³/mol. The van der Waals surface area contributed by atoms with E-state index < -0.39 is 36.4 Å². The van der Waals surface area contributed by atoms with Crippen molar-refractivity contribution in [2.24, 2.45) is 11.8 Å². The molecule has 1 aliphatic heterocycles. The summed E-state index contributed by atoms with van der Waals surface area (Å²) in [5, 5.41) is 2.67. The molecule has 7 heteroatoms. The number of esters is 1. The summed E-state index contributed by atoms with van der Waals surface area (Å²) in [4.78, 5) is 52.6. The van der Waals surface area contributed by atoms with Crippen LogP contribution in [-0.4, -0.2) is 41.2 Å². The van der Waals surface area contributed by atoms with Gasteiger partial charge in [-0.05, 0) is 37.5 Å². The standard InChI is InChI=1S/C26H26N2O5/c1-17-11-13-19(14-12-17)27-23(29)16-33-26(32)22(15-18-7-3-2-4-8-18)28-24(30)20-9-5-6-10-21(20)25(28)31/h2-8,11-14,20-22H,9-10,15-16H2,1H3,(H,27,29)/t20-,21-,22+/m1/s1. The second kappa shape index (κ2) is 9.81.